The first kappa shape index (κ1) is 24.2. The Labute approximate surface area is 197 Å². The van der Waals surface area contributed by atoms with Gasteiger partial charge in [-0.15, -0.1) is 24.0 Å². The number of nitrogens with zero attached hydrogens (tertiary/aromatic N) is 2. The van der Waals surface area contributed by atoms with Crippen LogP contribution in [0.3, 0.4) is 0 Å². The van der Waals surface area contributed by atoms with Crippen LogP contribution in [0.5, 0.6) is 0 Å². The number of benzene rings is 2. The van der Waals surface area contributed by atoms with E-state index in [1.54, 1.807) is 7.05 Å². The van der Waals surface area contributed by atoms with E-state index in [0.29, 0.717) is 12.3 Å². The Morgan fingerprint density at radius 2 is 1.70 bits per heavy atom. The molecule has 1 saturated heterocycles. The van der Waals surface area contributed by atoms with Crippen LogP contribution in [-0.2, 0) is 4.79 Å². The van der Waals surface area contributed by atoms with Gasteiger partial charge in [0.25, 0.3) is 0 Å². The number of aliphatic imine (C=N–C) groups is 1. The lowest BCUT2D eigenvalue weighted by Crippen LogP contribution is -2.45. The lowest BCUT2D eigenvalue weighted by atomic mass is 9.88. The number of guanidine groups is 1. The van der Waals surface area contributed by atoms with Crippen molar-refractivity contribution in [3.8, 4) is 0 Å². The van der Waals surface area contributed by atoms with Crippen molar-refractivity contribution in [2.24, 2.45) is 4.99 Å². The Morgan fingerprint density at radius 3 is 2.23 bits per heavy atom. The SMILES string of the molecule is CCC(=O)N1CCC(NC(=NC)NCCC(c2ccccc2)c2ccccc2)C1.I. The van der Waals surface area contributed by atoms with Gasteiger partial charge in [-0.05, 0) is 24.0 Å². The van der Waals surface area contributed by atoms with Crippen molar-refractivity contribution >= 4 is 35.8 Å². The molecular formula is C24H33IN4O. The summed E-state index contributed by atoms with van der Waals surface area (Å²) >= 11 is 0. The van der Waals surface area contributed by atoms with Crippen LogP contribution in [0, 0.1) is 0 Å². The summed E-state index contributed by atoms with van der Waals surface area (Å²) in [6.45, 7) is 4.31. The Morgan fingerprint density at radius 1 is 1.10 bits per heavy atom. The molecule has 1 aliphatic heterocycles. The normalized spacial score (nSPS) is 16.3. The number of nitrogens with one attached hydrogen (secondary N) is 2. The summed E-state index contributed by atoms with van der Waals surface area (Å²) in [5, 5.41) is 6.93. The maximum Gasteiger partial charge on any atom is 0.222 e. The number of hydrogen-bond acceptors (Lipinski definition) is 2. The van der Waals surface area contributed by atoms with Crippen molar-refractivity contribution in [3.05, 3.63) is 71.8 Å². The Bertz CT molecular complexity index is 758. The summed E-state index contributed by atoms with van der Waals surface area (Å²) in [5.74, 6) is 1.37. The third-order valence-corrected chi connectivity index (χ3v) is 5.54. The second-order valence-electron chi connectivity index (χ2n) is 7.48. The summed E-state index contributed by atoms with van der Waals surface area (Å²) in [6.07, 6.45) is 2.50. The molecule has 0 aromatic heterocycles. The van der Waals surface area contributed by atoms with Crippen LogP contribution in [0.1, 0.15) is 43.2 Å². The summed E-state index contributed by atoms with van der Waals surface area (Å²) in [5.41, 5.74) is 2.65. The number of carbonyl (C=O) groups is 1. The molecule has 1 aliphatic rings. The highest BCUT2D eigenvalue weighted by Gasteiger charge is 2.25. The monoisotopic (exact) mass is 520 g/mol. The van der Waals surface area contributed by atoms with Crippen LogP contribution in [0.25, 0.3) is 0 Å². The predicted molar refractivity (Wildman–Crippen MR) is 135 cm³/mol. The van der Waals surface area contributed by atoms with Crippen LogP contribution in [0.15, 0.2) is 65.7 Å². The van der Waals surface area contributed by atoms with Gasteiger partial charge in [0.05, 0.1) is 0 Å². The number of carbonyl (C=O) groups excluding carboxylic acids is 1. The molecule has 2 aromatic rings. The van der Waals surface area contributed by atoms with Gasteiger partial charge >= 0.3 is 0 Å². The molecule has 5 nitrogen and oxygen atoms in total. The minimum absolute atomic E-state index is 0. The van der Waals surface area contributed by atoms with Crippen molar-refractivity contribution in [3.63, 3.8) is 0 Å². The molecule has 30 heavy (non-hydrogen) atoms. The molecule has 0 aliphatic carbocycles. The zero-order valence-corrected chi connectivity index (χ0v) is 20.2. The molecule has 1 unspecified atom stereocenters. The standard InChI is InChI=1S/C24H32N4O.HI/c1-3-23(29)28-17-15-21(18-28)27-24(25-2)26-16-14-22(19-10-6-4-7-11-19)20-12-8-5-9-13-20;/h4-13,21-22H,3,14-18H2,1-2H3,(H2,25,26,27);1H. The Kier molecular flexibility index (Phi) is 10.1. The van der Waals surface area contributed by atoms with Gasteiger partial charge in [0.15, 0.2) is 5.96 Å². The molecule has 0 saturated carbocycles. The largest absolute Gasteiger partial charge is 0.356 e. The van der Waals surface area contributed by atoms with Gasteiger partial charge in [-0.2, -0.15) is 0 Å². The molecule has 1 heterocycles. The third kappa shape index (κ3) is 6.72. The summed E-state index contributed by atoms with van der Waals surface area (Å²) < 4.78 is 0. The van der Waals surface area contributed by atoms with E-state index in [0.717, 1.165) is 38.4 Å². The summed E-state index contributed by atoms with van der Waals surface area (Å²) in [4.78, 5) is 18.2. The van der Waals surface area contributed by atoms with Gasteiger partial charge in [0.1, 0.15) is 0 Å². The molecule has 1 atom stereocenters. The van der Waals surface area contributed by atoms with Crippen molar-refractivity contribution in [1.29, 1.82) is 0 Å². The van der Waals surface area contributed by atoms with E-state index in [1.807, 2.05) is 11.8 Å². The van der Waals surface area contributed by atoms with E-state index in [4.69, 9.17) is 0 Å². The Hall–Kier alpha value is -2.09. The maximum absolute atomic E-state index is 11.9. The molecule has 1 amide bonds. The molecule has 6 heteroatoms. The van der Waals surface area contributed by atoms with E-state index >= 15 is 0 Å². The number of rotatable bonds is 7. The van der Waals surface area contributed by atoms with E-state index in [-0.39, 0.29) is 35.9 Å². The van der Waals surface area contributed by atoms with Gasteiger partial charge in [0, 0.05) is 45.1 Å². The second kappa shape index (κ2) is 12.6. The van der Waals surface area contributed by atoms with Crippen LogP contribution in [0.4, 0.5) is 0 Å². The fourth-order valence-electron chi connectivity index (χ4n) is 3.95. The number of likely N-dealkylation sites (tertiary alicyclic amines) is 1. The van der Waals surface area contributed by atoms with E-state index in [2.05, 4.69) is 76.3 Å². The van der Waals surface area contributed by atoms with Crippen molar-refractivity contribution in [2.75, 3.05) is 26.7 Å². The Balaban J connectivity index is 0.00000320. The van der Waals surface area contributed by atoms with Crippen LogP contribution < -0.4 is 10.6 Å². The summed E-state index contributed by atoms with van der Waals surface area (Å²) in [7, 11) is 1.80. The quantitative estimate of drug-likeness (QED) is 0.330. The zero-order valence-electron chi connectivity index (χ0n) is 17.9. The van der Waals surface area contributed by atoms with Crippen LogP contribution in [0.2, 0.25) is 0 Å². The minimum Gasteiger partial charge on any atom is -0.356 e. The number of amides is 1. The zero-order chi connectivity index (χ0) is 20.5. The van der Waals surface area contributed by atoms with Crippen molar-refractivity contribution in [2.45, 2.75) is 38.1 Å². The van der Waals surface area contributed by atoms with Gasteiger partial charge in [-0.25, -0.2) is 0 Å². The van der Waals surface area contributed by atoms with Crippen LogP contribution >= 0.6 is 24.0 Å². The van der Waals surface area contributed by atoms with Gasteiger partial charge in [0.2, 0.25) is 5.91 Å². The first-order valence-corrected chi connectivity index (χ1v) is 10.6. The molecule has 0 spiro atoms. The molecule has 0 bridgehead atoms. The predicted octanol–water partition coefficient (Wildman–Crippen LogP) is 4.00. The lowest BCUT2D eigenvalue weighted by molar-refractivity contribution is -0.129. The lowest BCUT2D eigenvalue weighted by Gasteiger charge is -2.21. The maximum atomic E-state index is 11.9. The van der Waals surface area contributed by atoms with E-state index in [1.165, 1.54) is 11.1 Å². The average Bonchev–Trinajstić information content (AvgIpc) is 3.25. The third-order valence-electron chi connectivity index (χ3n) is 5.54. The van der Waals surface area contributed by atoms with Gasteiger partial charge in [-0.3, -0.25) is 9.79 Å². The van der Waals surface area contributed by atoms with Crippen molar-refractivity contribution in [1.82, 2.24) is 15.5 Å². The fourth-order valence-corrected chi connectivity index (χ4v) is 3.95. The van der Waals surface area contributed by atoms with Crippen molar-refractivity contribution < 1.29 is 4.79 Å². The number of hydrogen-bond donors (Lipinski definition) is 2. The number of halogens is 1. The summed E-state index contributed by atoms with van der Waals surface area (Å²) in [6, 6.07) is 21.6. The first-order chi connectivity index (χ1) is 14.2. The smallest absolute Gasteiger partial charge is 0.222 e. The van der Waals surface area contributed by atoms with Gasteiger partial charge < -0.3 is 15.5 Å². The molecular weight excluding hydrogens is 487 g/mol. The highest BCUT2D eigenvalue weighted by atomic mass is 127. The molecule has 1 fully saturated rings. The topological polar surface area (TPSA) is 56.7 Å². The highest BCUT2D eigenvalue weighted by Crippen LogP contribution is 2.27. The second-order valence-corrected chi connectivity index (χ2v) is 7.48. The van der Waals surface area contributed by atoms with E-state index < -0.39 is 0 Å². The molecule has 2 N–H and O–H groups in total. The van der Waals surface area contributed by atoms with Crippen LogP contribution in [-0.4, -0.2) is 49.5 Å². The molecule has 162 valence electrons. The fraction of sp³-hybridized carbons (Fsp3) is 0.417. The molecule has 2 aromatic carbocycles. The average molecular weight is 520 g/mol. The van der Waals surface area contributed by atoms with E-state index in [9.17, 15) is 4.79 Å². The van der Waals surface area contributed by atoms with Gasteiger partial charge in [-0.1, -0.05) is 67.6 Å². The molecule has 3 rings (SSSR count). The molecule has 0 radical (unpaired) electrons. The first-order valence-electron chi connectivity index (χ1n) is 10.6. The highest BCUT2D eigenvalue weighted by molar-refractivity contribution is 14.0. The minimum atomic E-state index is 0.